The van der Waals surface area contributed by atoms with E-state index in [1.54, 1.807) is 0 Å². The number of hydrogen-bond acceptors (Lipinski definition) is 1. The van der Waals surface area contributed by atoms with Crippen molar-refractivity contribution in [2.24, 2.45) is 5.73 Å². The van der Waals surface area contributed by atoms with Crippen LogP contribution in [0.1, 0.15) is 34.7 Å². The van der Waals surface area contributed by atoms with Crippen LogP contribution in [0, 0.1) is 0 Å². The molecular weight excluding hydrogens is 334 g/mol. The lowest BCUT2D eigenvalue weighted by Gasteiger charge is -2.14. The van der Waals surface area contributed by atoms with Crippen LogP contribution in [0.5, 0.6) is 0 Å². The summed E-state index contributed by atoms with van der Waals surface area (Å²) < 4.78 is 0.904. The number of fused-ring (bicyclic) bond motifs is 1. The molecule has 2 N–H and O–H groups in total. The number of aryl methyl sites for hydroxylation is 2. The van der Waals surface area contributed by atoms with E-state index in [2.05, 4.69) is 34.1 Å². The third-order valence-electron chi connectivity index (χ3n) is 3.99. The first kappa shape index (κ1) is 14.1. The molecule has 1 aliphatic carbocycles. The Morgan fingerprint density at radius 2 is 1.90 bits per heavy atom. The summed E-state index contributed by atoms with van der Waals surface area (Å²) in [7, 11) is 0. The van der Waals surface area contributed by atoms with E-state index in [1.165, 1.54) is 36.0 Å². The highest BCUT2D eigenvalue weighted by Gasteiger charge is 2.13. The fourth-order valence-electron chi connectivity index (χ4n) is 2.87. The number of nitrogens with two attached hydrogens (primary N) is 1. The van der Waals surface area contributed by atoms with Crippen LogP contribution in [0.3, 0.4) is 0 Å². The highest BCUT2D eigenvalue weighted by molar-refractivity contribution is 9.10. The third kappa shape index (κ3) is 2.93. The highest BCUT2D eigenvalue weighted by atomic mass is 79.9. The Bertz CT molecular complexity index is 639. The van der Waals surface area contributed by atoms with Gasteiger partial charge in [-0.15, -0.1) is 0 Å². The van der Waals surface area contributed by atoms with Crippen molar-refractivity contribution < 1.29 is 0 Å². The van der Waals surface area contributed by atoms with Crippen molar-refractivity contribution in [1.82, 2.24) is 0 Å². The Hall–Kier alpha value is -0.830. The van der Waals surface area contributed by atoms with Crippen LogP contribution >= 0.6 is 27.5 Å². The molecule has 0 aromatic heterocycles. The van der Waals surface area contributed by atoms with Gasteiger partial charge in [-0.05, 0) is 76.0 Å². The Morgan fingerprint density at radius 1 is 1.10 bits per heavy atom. The first-order valence-electron chi connectivity index (χ1n) is 6.94. The van der Waals surface area contributed by atoms with Crippen LogP contribution in [0.4, 0.5) is 0 Å². The number of benzene rings is 2. The van der Waals surface area contributed by atoms with E-state index < -0.39 is 0 Å². The zero-order chi connectivity index (χ0) is 14.1. The molecule has 0 bridgehead atoms. The topological polar surface area (TPSA) is 26.0 Å². The molecule has 0 radical (unpaired) electrons. The standard InChI is InChI=1S/C17H17BrClN/c18-15-10-14(6-7-16(15)19)17(20)9-11-4-5-12-2-1-3-13(12)8-11/h4-8,10,17H,1-3,9,20H2. The second-order valence-electron chi connectivity index (χ2n) is 5.44. The van der Waals surface area contributed by atoms with Gasteiger partial charge in [0, 0.05) is 10.5 Å². The van der Waals surface area contributed by atoms with Gasteiger partial charge in [-0.25, -0.2) is 0 Å². The second-order valence-corrected chi connectivity index (χ2v) is 6.70. The summed E-state index contributed by atoms with van der Waals surface area (Å²) in [6.07, 6.45) is 4.59. The Kier molecular flexibility index (Phi) is 4.16. The molecule has 2 aromatic rings. The van der Waals surface area contributed by atoms with Crippen molar-refractivity contribution in [1.29, 1.82) is 0 Å². The number of rotatable bonds is 3. The SMILES string of the molecule is NC(Cc1ccc2c(c1)CCC2)c1ccc(Cl)c(Br)c1. The second kappa shape index (κ2) is 5.88. The van der Waals surface area contributed by atoms with Crippen LogP contribution in [-0.4, -0.2) is 0 Å². The van der Waals surface area contributed by atoms with E-state index in [0.717, 1.165) is 21.5 Å². The highest BCUT2D eigenvalue weighted by Crippen LogP contribution is 2.28. The fraction of sp³-hybridized carbons (Fsp3) is 0.294. The van der Waals surface area contributed by atoms with Crippen LogP contribution in [0.15, 0.2) is 40.9 Å². The van der Waals surface area contributed by atoms with E-state index in [0.29, 0.717) is 0 Å². The van der Waals surface area contributed by atoms with Crippen LogP contribution in [0.25, 0.3) is 0 Å². The minimum atomic E-state index is 0.00280. The zero-order valence-electron chi connectivity index (χ0n) is 11.2. The van der Waals surface area contributed by atoms with Gasteiger partial charge in [0.2, 0.25) is 0 Å². The van der Waals surface area contributed by atoms with Crippen molar-refractivity contribution in [3.63, 3.8) is 0 Å². The minimum absolute atomic E-state index is 0.00280. The van der Waals surface area contributed by atoms with Gasteiger partial charge in [-0.3, -0.25) is 0 Å². The smallest absolute Gasteiger partial charge is 0.0548 e. The van der Waals surface area contributed by atoms with E-state index in [9.17, 15) is 0 Å². The third-order valence-corrected chi connectivity index (χ3v) is 5.20. The van der Waals surface area contributed by atoms with Crippen LogP contribution in [-0.2, 0) is 19.3 Å². The average molecular weight is 351 g/mol. The van der Waals surface area contributed by atoms with Crippen molar-refractivity contribution in [2.45, 2.75) is 31.7 Å². The molecular formula is C17H17BrClN. The quantitative estimate of drug-likeness (QED) is 0.842. The van der Waals surface area contributed by atoms with Crippen molar-refractivity contribution in [3.05, 3.63) is 68.1 Å². The van der Waals surface area contributed by atoms with Gasteiger partial charge in [0.05, 0.1) is 5.02 Å². The van der Waals surface area contributed by atoms with Crippen LogP contribution in [0.2, 0.25) is 5.02 Å². The monoisotopic (exact) mass is 349 g/mol. The molecule has 0 fully saturated rings. The predicted octanol–water partition coefficient (Wildman–Crippen LogP) is 4.83. The number of hydrogen-bond donors (Lipinski definition) is 1. The maximum atomic E-state index is 6.33. The van der Waals surface area contributed by atoms with Gasteiger partial charge in [0.15, 0.2) is 0 Å². The van der Waals surface area contributed by atoms with E-state index in [-0.39, 0.29) is 6.04 Å². The lowest BCUT2D eigenvalue weighted by molar-refractivity contribution is 0.721. The molecule has 1 unspecified atom stereocenters. The molecule has 0 spiro atoms. The Labute approximate surface area is 133 Å². The molecule has 0 amide bonds. The van der Waals surface area contributed by atoms with Crippen molar-refractivity contribution in [2.75, 3.05) is 0 Å². The lowest BCUT2D eigenvalue weighted by Crippen LogP contribution is -2.13. The molecule has 0 heterocycles. The lowest BCUT2D eigenvalue weighted by atomic mass is 9.97. The van der Waals surface area contributed by atoms with E-state index >= 15 is 0 Å². The Balaban J connectivity index is 1.78. The van der Waals surface area contributed by atoms with Gasteiger partial charge >= 0.3 is 0 Å². The van der Waals surface area contributed by atoms with Gasteiger partial charge < -0.3 is 5.73 Å². The summed E-state index contributed by atoms with van der Waals surface area (Å²) in [6, 6.07) is 12.7. The molecule has 1 nitrogen and oxygen atoms in total. The first-order chi connectivity index (χ1) is 9.63. The maximum Gasteiger partial charge on any atom is 0.0548 e. The molecule has 20 heavy (non-hydrogen) atoms. The molecule has 3 rings (SSSR count). The molecule has 0 saturated heterocycles. The van der Waals surface area contributed by atoms with E-state index in [1.807, 2.05) is 18.2 Å². The average Bonchev–Trinajstić information content (AvgIpc) is 2.89. The summed E-state index contributed by atoms with van der Waals surface area (Å²) in [5.41, 5.74) is 11.8. The maximum absolute atomic E-state index is 6.33. The normalized spacial score (nSPS) is 15.2. The summed E-state index contributed by atoms with van der Waals surface area (Å²) >= 11 is 9.47. The van der Waals surface area contributed by atoms with Gasteiger partial charge in [-0.1, -0.05) is 35.9 Å². The molecule has 3 heteroatoms. The summed E-state index contributed by atoms with van der Waals surface area (Å²) in [5.74, 6) is 0. The molecule has 2 aromatic carbocycles. The zero-order valence-corrected chi connectivity index (χ0v) is 13.5. The summed E-state index contributed by atoms with van der Waals surface area (Å²) in [5, 5.41) is 0.721. The molecule has 0 saturated carbocycles. The molecule has 1 aliphatic rings. The molecule has 1 atom stereocenters. The molecule has 104 valence electrons. The molecule has 0 aliphatic heterocycles. The van der Waals surface area contributed by atoms with Crippen LogP contribution < -0.4 is 5.73 Å². The van der Waals surface area contributed by atoms with Gasteiger partial charge in [0.1, 0.15) is 0 Å². The largest absolute Gasteiger partial charge is 0.324 e. The first-order valence-corrected chi connectivity index (χ1v) is 8.12. The predicted molar refractivity (Wildman–Crippen MR) is 88.3 cm³/mol. The number of halogens is 2. The van der Waals surface area contributed by atoms with Gasteiger partial charge in [0.25, 0.3) is 0 Å². The summed E-state index contributed by atoms with van der Waals surface area (Å²) in [6.45, 7) is 0. The van der Waals surface area contributed by atoms with E-state index in [4.69, 9.17) is 17.3 Å². The Morgan fingerprint density at radius 3 is 2.70 bits per heavy atom. The van der Waals surface area contributed by atoms with Crippen molar-refractivity contribution >= 4 is 27.5 Å². The minimum Gasteiger partial charge on any atom is -0.324 e. The van der Waals surface area contributed by atoms with Crippen molar-refractivity contribution in [3.8, 4) is 0 Å². The van der Waals surface area contributed by atoms with Gasteiger partial charge in [-0.2, -0.15) is 0 Å². The summed E-state index contributed by atoms with van der Waals surface area (Å²) in [4.78, 5) is 0. The fourth-order valence-corrected chi connectivity index (χ4v) is 3.38.